The van der Waals surface area contributed by atoms with Crippen LogP contribution in [0.1, 0.15) is 18.9 Å². The van der Waals surface area contributed by atoms with Crippen molar-refractivity contribution in [2.75, 3.05) is 11.1 Å². The standard InChI is InChI=1S/C15H14F2N6O2S2/c1-8(25-11-4-3-9(16)5-10(11)17)13-20-22-15(23(13)2)26-6-12(24)19-14-21-18-7-27-14/h3-5,7-8H,6H2,1-2H3,(H,19,21,24). The van der Waals surface area contributed by atoms with E-state index in [1.807, 2.05) is 0 Å². The molecule has 8 nitrogen and oxygen atoms in total. The highest BCUT2D eigenvalue weighted by atomic mass is 32.2. The van der Waals surface area contributed by atoms with E-state index in [2.05, 4.69) is 25.7 Å². The molecule has 0 aliphatic rings. The number of nitrogens with zero attached hydrogens (tertiary/aromatic N) is 5. The lowest BCUT2D eigenvalue weighted by molar-refractivity contribution is -0.113. The molecule has 3 aromatic rings. The Morgan fingerprint density at radius 2 is 2.19 bits per heavy atom. The average molecular weight is 412 g/mol. The number of carbonyl (C=O) groups is 1. The van der Waals surface area contributed by atoms with Gasteiger partial charge in [-0.25, -0.2) is 8.78 Å². The maximum Gasteiger partial charge on any atom is 0.236 e. The molecule has 1 unspecified atom stereocenters. The number of hydrogen-bond donors (Lipinski definition) is 1. The van der Waals surface area contributed by atoms with Crippen LogP contribution in [-0.2, 0) is 11.8 Å². The van der Waals surface area contributed by atoms with E-state index in [-0.39, 0.29) is 17.4 Å². The van der Waals surface area contributed by atoms with Crippen LogP contribution in [0.25, 0.3) is 0 Å². The van der Waals surface area contributed by atoms with E-state index in [0.717, 1.165) is 12.1 Å². The lowest BCUT2D eigenvalue weighted by atomic mass is 10.3. The predicted molar refractivity (Wildman–Crippen MR) is 95.7 cm³/mol. The summed E-state index contributed by atoms with van der Waals surface area (Å²) in [7, 11) is 1.71. The van der Waals surface area contributed by atoms with Gasteiger partial charge in [0, 0.05) is 13.1 Å². The minimum atomic E-state index is -0.799. The molecule has 27 heavy (non-hydrogen) atoms. The number of amides is 1. The lowest BCUT2D eigenvalue weighted by Crippen LogP contribution is -2.14. The van der Waals surface area contributed by atoms with E-state index in [1.54, 1.807) is 18.5 Å². The predicted octanol–water partition coefficient (Wildman–Crippen LogP) is 2.82. The molecule has 0 radical (unpaired) electrons. The van der Waals surface area contributed by atoms with Crippen LogP contribution in [0.3, 0.4) is 0 Å². The first-order chi connectivity index (χ1) is 12.9. The van der Waals surface area contributed by atoms with Crippen LogP contribution in [0, 0.1) is 11.6 Å². The Kier molecular flexibility index (Phi) is 5.96. The number of halogens is 2. The summed E-state index contributed by atoms with van der Waals surface area (Å²) >= 11 is 2.40. The molecule has 0 saturated carbocycles. The first-order valence-electron chi connectivity index (χ1n) is 7.64. The zero-order valence-corrected chi connectivity index (χ0v) is 15.9. The maximum absolute atomic E-state index is 13.7. The SMILES string of the molecule is CC(Oc1ccc(F)cc1F)c1nnc(SCC(=O)Nc2nncs2)n1C. The van der Waals surface area contributed by atoms with Crippen LogP contribution < -0.4 is 10.1 Å². The molecule has 2 aromatic heterocycles. The Labute approximate surface area is 161 Å². The van der Waals surface area contributed by atoms with Crippen molar-refractivity contribution in [2.45, 2.75) is 18.2 Å². The zero-order chi connectivity index (χ0) is 19.4. The van der Waals surface area contributed by atoms with Crippen LogP contribution in [0.2, 0.25) is 0 Å². The second kappa shape index (κ2) is 8.39. The van der Waals surface area contributed by atoms with Gasteiger partial charge in [0.05, 0.1) is 5.75 Å². The number of benzene rings is 1. The van der Waals surface area contributed by atoms with Crippen molar-refractivity contribution in [1.29, 1.82) is 0 Å². The summed E-state index contributed by atoms with van der Waals surface area (Å²) in [5.74, 6) is -1.28. The number of thioether (sulfide) groups is 1. The molecule has 2 heterocycles. The Morgan fingerprint density at radius 3 is 2.89 bits per heavy atom. The molecule has 1 amide bonds. The molecular weight excluding hydrogens is 398 g/mol. The second-order valence-electron chi connectivity index (χ2n) is 5.32. The van der Waals surface area contributed by atoms with Gasteiger partial charge in [-0.1, -0.05) is 23.1 Å². The summed E-state index contributed by atoms with van der Waals surface area (Å²) in [5.41, 5.74) is 1.52. The van der Waals surface area contributed by atoms with Crippen LogP contribution >= 0.6 is 23.1 Å². The highest BCUT2D eigenvalue weighted by Crippen LogP contribution is 2.26. The van der Waals surface area contributed by atoms with E-state index in [9.17, 15) is 13.6 Å². The zero-order valence-electron chi connectivity index (χ0n) is 14.2. The van der Waals surface area contributed by atoms with Crippen LogP contribution in [-0.4, -0.2) is 36.6 Å². The molecule has 0 aliphatic carbocycles. The number of anilines is 1. The van der Waals surface area contributed by atoms with Crippen molar-refractivity contribution in [1.82, 2.24) is 25.0 Å². The highest BCUT2D eigenvalue weighted by Gasteiger charge is 2.19. The smallest absolute Gasteiger partial charge is 0.236 e. The quantitative estimate of drug-likeness (QED) is 0.596. The van der Waals surface area contributed by atoms with Crippen LogP contribution in [0.15, 0.2) is 28.9 Å². The van der Waals surface area contributed by atoms with Gasteiger partial charge in [0.25, 0.3) is 0 Å². The molecule has 0 fully saturated rings. The summed E-state index contributed by atoms with van der Waals surface area (Å²) in [6.45, 7) is 1.67. The Balaban J connectivity index is 1.61. The summed E-state index contributed by atoms with van der Waals surface area (Å²) in [5, 5.41) is 18.9. The first kappa shape index (κ1) is 19.2. The van der Waals surface area contributed by atoms with Gasteiger partial charge >= 0.3 is 0 Å². The van der Waals surface area contributed by atoms with Gasteiger partial charge in [0.1, 0.15) is 11.3 Å². The van der Waals surface area contributed by atoms with Gasteiger partial charge < -0.3 is 9.30 Å². The molecule has 1 atom stereocenters. The van der Waals surface area contributed by atoms with Crippen molar-refractivity contribution in [3.8, 4) is 5.75 Å². The van der Waals surface area contributed by atoms with Gasteiger partial charge in [-0.3, -0.25) is 10.1 Å². The molecule has 0 bridgehead atoms. The molecular formula is C15H14F2N6O2S2. The van der Waals surface area contributed by atoms with Crippen molar-refractivity contribution in [3.63, 3.8) is 0 Å². The van der Waals surface area contributed by atoms with E-state index in [0.29, 0.717) is 16.1 Å². The summed E-state index contributed by atoms with van der Waals surface area (Å²) in [6.07, 6.45) is -0.632. The fraction of sp³-hybridized carbons (Fsp3) is 0.267. The Hall–Kier alpha value is -2.60. The lowest BCUT2D eigenvalue weighted by Gasteiger charge is -2.14. The topological polar surface area (TPSA) is 94.8 Å². The number of hydrogen-bond acceptors (Lipinski definition) is 8. The molecule has 0 aliphatic heterocycles. The van der Waals surface area contributed by atoms with E-state index >= 15 is 0 Å². The molecule has 142 valence electrons. The third kappa shape index (κ3) is 4.77. The normalized spacial score (nSPS) is 12.0. The van der Waals surface area contributed by atoms with Crippen LogP contribution in [0.4, 0.5) is 13.9 Å². The maximum atomic E-state index is 13.7. The van der Waals surface area contributed by atoms with Crippen molar-refractivity contribution < 1.29 is 18.3 Å². The summed E-state index contributed by atoms with van der Waals surface area (Å²) < 4.78 is 33.9. The van der Waals surface area contributed by atoms with Crippen molar-refractivity contribution in [3.05, 3.63) is 41.2 Å². The summed E-state index contributed by atoms with van der Waals surface area (Å²) in [6, 6.07) is 3.07. The average Bonchev–Trinajstić information content (AvgIpc) is 3.25. The van der Waals surface area contributed by atoms with Crippen LogP contribution in [0.5, 0.6) is 5.75 Å². The monoisotopic (exact) mass is 412 g/mol. The minimum absolute atomic E-state index is 0.0856. The Bertz CT molecular complexity index is 935. The molecule has 0 saturated heterocycles. The van der Waals surface area contributed by atoms with Crippen molar-refractivity contribution in [2.24, 2.45) is 7.05 Å². The number of ether oxygens (including phenoxy) is 1. The fourth-order valence-corrected chi connectivity index (χ4v) is 3.31. The molecule has 3 rings (SSSR count). The van der Waals surface area contributed by atoms with Gasteiger partial charge in [-0.15, -0.1) is 20.4 Å². The third-order valence-electron chi connectivity index (χ3n) is 3.37. The summed E-state index contributed by atoms with van der Waals surface area (Å²) in [4.78, 5) is 11.9. The Morgan fingerprint density at radius 1 is 1.37 bits per heavy atom. The number of carbonyl (C=O) groups excluding carboxylic acids is 1. The molecule has 0 spiro atoms. The molecule has 12 heteroatoms. The van der Waals surface area contributed by atoms with E-state index in [1.165, 1.54) is 34.7 Å². The number of rotatable bonds is 7. The second-order valence-corrected chi connectivity index (χ2v) is 7.09. The third-order valence-corrected chi connectivity index (χ3v) is 5.00. The number of aromatic nitrogens is 5. The van der Waals surface area contributed by atoms with E-state index < -0.39 is 17.7 Å². The molecule has 1 aromatic carbocycles. The molecule has 1 N–H and O–H groups in total. The van der Waals surface area contributed by atoms with Gasteiger partial charge in [-0.2, -0.15) is 0 Å². The van der Waals surface area contributed by atoms with Gasteiger partial charge in [0.2, 0.25) is 11.0 Å². The van der Waals surface area contributed by atoms with Gasteiger partial charge in [0.15, 0.2) is 28.7 Å². The minimum Gasteiger partial charge on any atom is -0.480 e. The largest absolute Gasteiger partial charge is 0.480 e. The number of nitrogens with one attached hydrogen (secondary N) is 1. The highest BCUT2D eigenvalue weighted by molar-refractivity contribution is 7.99. The fourth-order valence-electron chi connectivity index (χ4n) is 2.13. The van der Waals surface area contributed by atoms with E-state index in [4.69, 9.17) is 4.74 Å². The van der Waals surface area contributed by atoms with Gasteiger partial charge in [-0.05, 0) is 19.1 Å². The first-order valence-corrected chi connectivity index (χ1v) is 9.50. The van der Waals surface area contributed by atoms with Crippen molar-refractivity contribution >= 4 is 34.1 Å².